The Morgan fingerprint density at radius 3 is 2.50 bits per heavy atom. The number of benzene rings is 1. The summed E-state index contributed by atoms with van der Waals surface area (Å²) in [6, 6.07) is 2.30. The molecule has 2 rings (SSSR count). The molecular formula is C14H15F2NO3. The van der Waals surface area contributed by atoms with Gasteiger partial charge in [-0.1, -0.05) is 13.0 Å². The van der Waals surface area contributed by atoms with E-state index in [0.29, 0.717) is 0 Å². The van der Waals surface area contributed by atoms with E-state index in [2.05, 4.69) is 0 Å². The molecule has 0 saturated carbocycles. The highest BCUT2D eigenvalue weighted by atomic mass is 19.1. The number of carboxylic acids is 1. The van der Waals surface area contributed by atoms with Gasteiger partial charge in [0.25, 0.3) is 5.91 Å². The predicted molar refractivity (Wildman–Crippen MR) is 67.3 cm³/mol. The van der Waals surface area contributed by atoms with Crippen molar-refractivity contribution < 1.29 is 23.5 Å². The van der Waals surface area contributed by atoms with Gasteiger partial charge in [-0.15, -0.1) is 0 Å². The fraction of sp³-hybridized carbons (Fsp3) is 0.429. The fourth-order valence-electron chi connectivity index (χ4n) is 2.46. The molecule has 1 aliphatic rings. The maximum atomic E-state index is 13.9. The number of nitrogens with zero attached hydrogens (tertiary/aromatic N) is 1. The molecular weight excluding hydrogens is 268 g/mol. The average molecular weight is 283 g/mol. The van der Waals surface area contributed by atoms with Crippen molar-refractivity contribution in [1.82, 2.24) is 4.90 Å². The summed E-state index contributed by atoms with van der Waals surface area (Å²) < 4.78 is 27.6. The van der Waals surface area contributed by atoms with Crippen LogP contribution in [-0.4, -0.2) is 35.0 Å². The van der Waals surface area contributed by atoms with Gasteiger partial charge >= 0.3 is 5.97 Å². The molecule has 1 amide bonds. The number of carbonyl (C=O) groups excluding carboxylic acids is 1. The second-order valence-electron chi connectivity index (χ2n) is 5.19. The topological polar surface area (TPSA) is 57.6 Å². The summed E-state index contributed by atoms with van der Waals surface area (Å²) in [5.74, 6) is -4.55. The molecule has 0 aromatic heterocycles. The lowest BCUT2D eigenvalue weighted by Crippen LogP contribution is -2.31. The van der Waals surface area contributed by atoms with E-state index in [9.17, 15) is 18.4 Å². The lowest BCUT2D eigenvalue weighted by Gasteiger charge is -2.17. The number of likely N-dealkylation sites (tertiary alicyclic amines) is 1. The van der Waals surface area contributed by atoms with Gasteiger partial charge in [-0.25, -0.2) is 8.78 Å². The number of carboxylic acid groups (broad SMARTS) is 1. The number of rotatable bonds is 2. The zero-order chi connectivity index (χ0) is 15.0. The minimum absolute atomic E-state index is 0.0256. The smallest absolute Gasteiger partial charge is 0.308 e. The van der Waals surface area contributed by atoms with Crippen LogP contribution in [0.1, 0.15) is 22.8 Å². The summed E-state index contributed by atoms with van der Waals surface area (Å²) >= 11 is 0. The first kappa shape index (κ1) is 14.4. The standard InChI is InChI=1S/C14H15F2NO3/c1-7-3-4-10(15)11(12(7)16)13(18)17-5-8(2)9(6-17)14(19)20/h3-4,8-9H,5-6H2,1-2H3,(H,19,20). The first-order valence-corrected chi connectivity index (χ1v) is 6.29. The zero-order valence-corrected chi connectivity index (χ0v) is 11.2. The van der Waals surface area contributed by atoms with Gasteiger partial charge in [0, 0.05) is 13.1 Å². The Bertz CT molecular complexity index is 574. The molecule has 6 heteroatoms. The number of aliphatic carboxylic acids is 1. The van der Waals surface area contributed by atoms with E-state index in [1.807, 2.05) is 0 Å². The Morgan fingerprint density at radius 2 is 1.95 bits per heavy atom. The van der Waals surface area contributed by atoms with Crippen LogP contribution in [0.15, 0.2) is 12.1 Å². The summed E-state index contributed by atoms with van der Waals surface area (Å²) in [6.07, 6.45) is 0. The molecule has 0 aliphatic carbocycles. The normalized spacial score (nSPS) is 22.1. The Morgan fingerprint density at radius 1 is 1.30 bits per heavy atom. The van der Waals surface area contributed by atoms with Crippen LogP contribution in [0.25, 0.3) is 0 Å². The third kappa shape index (κ3) is 2.37. The highest BCUT2D eigenvalue weighted by molar-refractivity contribution is 5.95. The van der Waals surface area contributed by atoms with Crippen molar-refractivity contribution >= 4 is 11.9 Å². The van der Waals surface area contributed by atoms with Crippen molar-refractivity contribution in [2.75, 3.05) is 13.1 Å². The van der Waals surface area contributed by atoms with Crippen LogP contribution >= 0.6 is 0 Å². The van der Waals surface area contributed by atoms with Crippen LogP contribution in [-0.2, 0) is 4.79 Å². The van der Waals surface area contributed by atoms with Gasteiger partial charge in [0.2, 0.25) is 0 Å². The van der Waals surface area contributed by atoms with Gasteiger partial charge in [-0.05, 0) is 24.5 Å². The molecule has 0 radical (unpaired) electrons. The molecule has 1 aromatic carbocycles. The van der Waals surface area contributed by atoms with E-state index in [1.54, 1.807) is 6.92 Å². The van der Waals surface area contributed by atoms with E-state index in [4.69, 9.17) is 5.11 Å². The van der Waals surface area contributed by atoms with Crippen LogP contribution in [0.3, 0.4) is 0 Å². The van der Waals surface area contributed by atoms with E-state index < -0.39 is 35.0 Å². The Balaban J connectivity index is 2.30. The summed E-state index contributed by atoms with van der Waals surface area (Å²) in [5.41, 5.74) is -0.431. The Hall–Kier alpha value is -1.98. The second kappa shape index (κ2) is 5.19. The number of hydrogen-bond donors (Lipinski definition) is 1. The van der Waals surface area contributed by atoms with Crippen LogP contribution in [0, 0.1) is 30.4 Å². The van der Waals surface area contributed by atoms with E-state index in [0.717, 1.165) is 6.07 Å². The van der Waals surface area contributed by atoms with Crippen LogP contribution < -0.4 is 0 Å². The van der Waals surface area contributed by atoms with Crippen molar-refractivity contribution in [3.8, 4) is 0 Å². The van der Waals surface area contributed by atoms with Crippen LogP contribution in [0.5, 0.6) is 0 Å². The molecule has 1 aromatic rings. The van der Waals surface area contributed by atoms with Crippen LogP contribution in [0.2, 0.25) is 0 Å². The number of carbonyl (C=O) groups is 2. The molecule has 0 bridgehead atoms. The largest absolute Gasteiger partial charge is 0.481 e. The molecule has 1 fully saturated rings. The predicted octanol–water partition coefficient (Wildman–Crippen LogP) is 2.07. The Labute approximate surface area is 115 Å². The van der Waals surface area contributed by atoms with Crippen LogP contribution in [0.4, 0.5) is 8.78 Å². The Kier molecular flexibility index (Phi) is 3.74. The minimum Gasteiger partial charge on any atom is -0.481 e. The molecule has 2 unspecified atom stereocenters. The fourth-order valence-corrected chi connectivity index (χ4v) is 2.46. The van der Waals surface area contributed by atoms with Crippen molar-refractivity contribution in [3.05, 3.63) is 34.9 Å². The van der Waals surface area contributed by atoms with Crippen molar-refractivity contribution in [1.29, 1.82) is 0 Å². The maximum Gasteiger partial charge on any atom is 0.308 e. The molecule has 4 nitrogen and oxygen atoms in total. The summed E-state index contributed by atoms with van der Waals surface area (Å²) in [7, 11) is 0. The van der Waals surface area contributed by atoms with Crippen molar-refractivity contribution in [2.24, 2.45) is 11.8 Å². The lowest BCUT2D eigenvalue weighted by molar-refractivity contribution is -0.142. The van der Waals surface area contributed by atoms with Gasteiger partial charge in [0.1, 0.15) is 17.2 Å². The highest BCUT2D eigenvalue weighted by Gasteiger charge is 2.38. The van der Waals surface area contributed by atoms with E-state index in [1.165, 1.54) is 17.9 Å². The molecule has 1 heterocycles. The molecule has 1 N–H and O–H groups in total. The molecule has 0 spiro atoms. The molecule has 108 valence electrons. The van der Waals surface area contributed by atoms with Gasteiger partial charge in [-0.3, -0.25) is 9.59 Å². The minimum atomic E-state index is -1.00. The van der Waals surface area contributed by atoms with Gasteiger partial charge in [0.15, 0.2) is 0 Å². The SMILES string of the molecule is Cc1ccc(F)c(C(=O)N2CC(C)C(C(=O)O)C2)c1F. The average Bonchev–Trinajstić information content (AvgIpc) is 2.76. The quantitative estimate of drug-likeness (QED) is 0.904. The van der Waals surface area contributed by atoms with Crippen molar-refractivity contribution in [3.63, 3.8) is 0 Å². The summed E-state index contributed by atoms with van der Waals surface area (Å²) in [6.45, 7) is 3.30. The number of aryl methyl sites for hydroxylation is 1. The lowest BCUT2D eigenvalue weighted by atomic mass is 9.99. The maximum absolute atomic E-state index is 13.9. The third-order valence-corrected chi connectivity index (χ3v) is 3.71. The third-order valence-electron chi connectivity index (χ3n) is 3.71. The first-order chi connectivity index (χ1) is 9.32. The molecule has 20 heavy (non-hydrogen) atoms. The molecule has 2 atom stereocenters. The zero-order valence-electron chi connectivity index (χ0n) is 11.2. The number of amides is 1. The molecule has 1 aliphatic heterocycles. The number of hydrogen-bond acceptors (Lipinski definition) is 2. The highest BCUT2D eigenvalue weighted by Crippen LogP contribution is 2.26. The first-order valence-electron chi connectivity index (χ1n) is 6.29. The second-order valence-corrected chi connectivity index (χ2v) is 5.19. The monoisotopic (exact) mass is 283 g/mol. The van der Waals surface area contributed by atoms with Gasteiger partial charge < -0.3 is 10.0 Å². The van der Waals surface area contributed by atoms with Crippen molar-refractivity contribution in [2.45, 2.75) is 13.8 Å². The van der Waals surface area contributed by atoms with E-state index >= 15 is 0 Å². The number of halogens is 2. The van der Waals surface area contributed by atoms with E-state index in [-0.39, 0.29) is 24.6 Å². The summed E-state index contributed by atoms with van der Waals surface area (Å²) in [5, 5.41) is 9.02. The summed E-state index contributed by atoms with van der Waals surface area (Å²) in [4.78, 5) is 24.4. The van der Waals surface area contributed by atoms with Gasteiger partial charge in [0.05, 0.1) is 5.92 Å². The molecule has 1 saturated heterocycles. The van der Waals surface area contributed by atoms with Gasteiger partial charge in [-0.2, -0.15) is 0 Å².